The molecule has 3 rings (SSSR count). The fourth-order valence-corrected chi connectivity index (χ4v) is 6.35. The van der Waals surface area contributed by atoms with Crippen molar-refractivity contribution < 1.29 is 28.5 Å². The number of Topliss-reactive ketones (excluding diaryl/α,β-unsaturated/α-hetero) is 1. The van der Waals surface area contributed by atoms with Gasteiger partial charge < -0.3 is 23.7 Å². The Hall–Kier alpha value is -0.530. The summed E-state index contributed by atoms with van der Waals surface area (Å²) in [5.41, 5.74) is 0. The van der Waals surface area contributed by atoms with Gasteiger partial charge in [0.15, 0.2) is 18.4 Å². The molecule has 6 heteroatoms. The fraction of sp³-hybridized carbons (Fsp3) is 0.966. The van der Waals surface area contributed by atoms with Gasteiger partial charge in [-0.2, -0.15) is 0 Å². The van der Waals surface area contributed by atoms with Crippen molar-refractivity contribution in [1.29, 1.82) is 0 Å². The molecule has 3 aliphatic heterocycles. The van der Waals surface area contributed by atoms with Crippen LogP contribution in [0.2, 0.25) is 0 Å². The number of carbonyl (C=O) groups excluding carboxylic acids is 1. The van der Waals surface area contributed by atoms with Gasteiger partial charge in [-0.1, -0.05) is 62.3 Å². The summed E-state index contributed by atoms with van der Waals surface area (Å²) in [5.74, 6) is 2.03. The van der Waals surface area contributed by atoms with Crippen molar-refractivity contribution in [2.75, 3.05) is 0 Å². The van der Waals surface area contributed by atoms with Crippen LogP contribution in [0.1, 0.15) is 89.0 Å². The summed E-state index contributed by atoms with van der Waals surface area (Å²) >= 11 is 0. The summed E-state index contributed by atoms with van der Waals surface area (Å²) in [4.78, 5) is 12.8. The molecule has 0 spiro atoms. The zero-order chi connectivity index (χ0) is 26.2. The summed E-state index contributed by atoms with van der Waals surface area (Å²) in [6, 6.07) is 0. The van der Waals surface area contributed by atoms with E-state index in [1.807, 2.05) is 0 Å². The number of ketones is 1. The highest BCUT2D eigenvalue weighted by Gasteiger charge is 2.50. The highest BCUT2D eigenvalue weighted by atomic mass is 16.7. The Morgan fingerprint density at radius 3 is 1.69 bits per heavy atom. The van der Waals surface area contributed by atoms with Crippen LogP contribution in [0, 0.1) is 41.4 Å². The van der Waals surface area contributed by atoms with E-state index in [2.05, 4.69) is 69.2 Å². The lowest BCUT2D eigenvalue weighted by Gasteiger charge is -2.50. The molecular weight excluding hydrogens is 444 g/mol. The minimum atomic E-state index is -0.673. The van der Waals surface area contributed by atoms with E-state index >= 15 is 0 Å². The molecule has 3 saturated heterocycles. The number of carbonyl (C=O) groups is 1. The normalized spacial score (nSPS) is 51.2. The van der Waals surface area contributed by atoms with Crippen LogP contribution >= 0.6 is 0 Å². The van der Waals surface area contributed by atoms with Crippen molar-refractivity contribution >= 4 is 5.78 Å². The second kappa shape index (κ2) is 11.9. The van der Waals surface area contributed by atoms with Crippen LogP contribution in [0.3, 0.4) is 0 Å². The third-order valence-corrected chi connectivity index (χ3v) is 9.97. The molecule has 3 aliphatic rings. The van der Waals surface area contributed by atoms with E-state index in [0.717, 1.165) is 12.8 Å². The van der Waals surface area contributed by atoms with Crippen LogP contribution in [0.25, 0.3) is 0 Å². The summed E-state index contributed by atoms with van der Waals surface area (Å²) in [6.07, 6.45) is 0.314. The van der Waals surface area contributed by atoms with Crippen LogP contribution < -0.4 is 0 Å². The average Bonchev–Trinajstić information content (AvgIpc) is 2.83. The van der Waals surface area contributed by atoms with Gasteiger partial charge in [0.25, 0.3) is 0 Å². The Morgan fingerprint density at radius 2 is 1.11 bits per heavy atom. The maximum Gasteiger partial charge on any atom is 0.162 e. The van der Waals surface area contributed by atoms with Gasteiger partial charge in [-0.15, -0.1) is 0 Å². The molecule has 0 aromatic heterocycles. The lowest BCUT2D eigenvalue weighted by atomic mass is 9.78. The van der Waals surface area contributed by atoms with Gasteiger partial charge in [-0.05, 0) is 56.3 Å². The Labute approximate surface area is 214 Å². The SMILES string of the molecule is CCC1OC(C)C(C)[C@H](C)[C@@H]1O[C@@H]1OC(C(C)=O)[C@H](O[C@@H]2OC(CC)[C@H](C)[C@H](C)C2C)[C@H](C)C1C. The molecule has 0 aromatic carbocycles. The highest BCUT2D eigenvalue weighted by molar-refractivity contribution is 5.81. The summed E-state index contributed by atoms with van der Waals surface area (Å²) in [5, 5.41) is 0. The molecule has 15 atom stereocenters. The quantitative estimate of drug-likeness (QED) is 0.440. The van der Waals surface area contributed by atoms with Crippen LogP contribution in [0.5, 0.6) is 0 Å². The molecule has 0 aromatic rings. The van der Waals surface area contributed by atoms with Crippen molar-refractivity contribution in [2.45, 2.75) is 138 Å². The molecular formula is C29H52O6. The number of hydrogen-bond acceptors (Lipinski definition) is 6. The Morgan fingerprint density at radius 1 is 0.600 bits per heavy atom. The first kappa shape index (κ1) is 29.0. The predicted molar refractivity (Wildman–Crippen MR) is 137 cm³/mol. The third-order valence-electron chi connectivity index (χ3n) is 9.97. The van der Waals surface area contributed by atoms with Gasteiger partial charge in [0.1, 0.15) is 6.10 Å². The topological polar surface area (TPSA) is 63.2 Å². The molecule has 35 heavy (non-hydrogen) atoms. The molecule has 3 fully saturated rings. The van der Waals surface area contributed by atoms with Crippen LogP contribution in [-0.4, -0.2) is 55.0 Å². The van der Waals surface area contributed by atoms with E-state index in [9.17, 15) is 4.79 Å². The maximum absolute atomic E-state index is 12.8. The highest BCUT2D eigenvalue weighted by Crippen LogP contribution is 2.42. The lowest BCUT2D eigenvalue weighted by Crippen LogP contribution is -2.59. The Balaban J connectivity index is 1.77. The van der Waals surface area contributed by atoms with E-state index in [-0.39, 0.29) is 60.3 Å². The number of hydrogen-bond donors (Lipinski definition) is 0. The standard InChI is InChI=1S/C29H52O6/c1-12-23-16(5)14(3)19(8)28(32-23)34-26-18(7)20(9)29(35-27(26)21(10)30)33-25-17(6)15(4)22(11)31-24(25)13-2/h14-20,22-29H,12-13H2,1-11H3/t14-,15?,16+,17-,18+,19?,20?,22?,23?,24?,25-,26+,27?,28-,29+/m0/s1. The average molecular weight is 497 g/mol. The monoisotopic (exact) mass is 496 g/mol. The van der Waals surface area contributed by atoms with Gasteiger partial charge in [0.05, 0.1) is 30.5 Å². The van der Waals surface area contributed by atoms with Gasteiger partial charge in [0.2, 0.25) is 0 Å². The fourth-order valence-electron chi connectivity index (χ4n) is 6.35. The van der Waals surface area contributed by atoms with Crippen molar-refractivity contribution in [1.82, 2.24) is 0 Å². The second-order valence-electron chi connectivity index (χ2n) is 12.0. The number of ether oxygens (including phenoxy) is 5. The molecule has 7 unspecified atom stereocenters. The molecule has 0 aliphatic carbocycles. The van der Waals surface area contributed by atoms with Crippen molar-refractivity contribution in [3.8, 4) is 0 Å². The van der Waals surface area contributed by atoms with Gasteiger partial charge in [0, 0.05) is 11.8 Å². The van der Waals surface area contributed by atoms with Crippen molar-refractivity contribution in [3.63, 3.8) is 0 Å². The predicted octanol–water partition coefficient (Wildman–Crippen LogP) is 5.86. The van der Waals surface area contributed by atoms with Gasteiger partial charge in [-0.3, -0.25) is 4.79 Å². The smallest absolute Gasteiger partial charge is 0.162 e. The summed E-state index contributed by atoms with van der Waals surface area (Å²) in [7, 11) is 0. The van der Waals surface area contributed by atoms with Crippen molar-refractivity contribution in [3.05, 3.63) is 0 Å². The zero-order valence-corrected chi connectivity index (χ0v) is 24.0. The van der Waals surface area contributed by atoms with Crippen molar-refractivity contribution in [2.24, 2.45) is 41.4 Å². The largest absolute Gasteiger partial charge is 0.372 e. The van der Waals surface area contributed by atoms with E-state index in [0.29, 0.717) is 23.7 Å². The first-order chi connectivity index (χ1) is 16.4. The Bertz CT molecular complexity index is 695. The summed E-state index contributed by atoms with van der Waals surface area (Å²) < 4.78 is 32.4. The van der Waals surface area contributed by atoms with Gasteiger partial charge >= 0.3 is 0 Å². The molecule has 0 N–H and O–H groups in total. The Kier molecular flexibility index (Phi) is 9.87. The van der Waals surface area contributed by atoms with E-state index in [1.165, 1.54) is 0 Å². The van der Waals surface area contributed by atoms with Crippen LogP contribution in [-0.2, 0) is 28.5 Å². The lowest BCUT2D eigenvalue weighted by molar-refractivity contribution is -0.333. The summed E-state index contributed by atoms with van der Waals surface area (Å²) in [6.45, 7) is 23.6. The molecule has 204 valence electrons. The minimum Gasteiger partial charge on any atom is -0.372 e. The maximum atomic E-state index is 12.8. The van der Waals surface area contributed by atoms with E-state index < -0.39 is 12.4 Å². The first-order valence-corrected chi connectivity index (χ1v) is 14.2. The molecule has 0 amide bonds. The third kappa shape index (κ3) is 5.82. The first-order valence-electron chi connectivity index (χ1n) is 14.2. The van der Waals surface area contributed by atoms with Crippen LogP contribution in [0.15, 0.2) is 0 Å². The molecule has 6 nitrogen and oxygen atoms in total. The molecule has 0 saturated carbocycles. The molecule has 0 bridgehead atoms. The second-order valence-corrected chi connectivity index (χ2v) is 12.0. The van der Waals surface area contributed by atoms with Gasteiger partial charge in [-0.25, -0.2) is 0 Å². The number of rotatable bonds is 7. The molecule has 0 radical (unpaired) electrons. The van der Waals surface area contributed by atoms with E-state index in [1.54, 1.807) is 6.92 Å². The minimum absolute atomic E-state index is 0.0259. The van der Waals surface area contributed by atoms with E-state index in [4.69, 9.17) is 23.7 Å². The zero-order valence-electron chi connectivity index (χ0n) is 24.0. The molecule has 3 heterocycles. The van der Waals surface area contributed by atoms with Crippen LogP contribution in [0.4, 0.5) is 0 Å².